The molecule has 1 fully saturated rings. The number of nitrogens with one attached hydrogen (secondary N) is 1. The molecule has 0 unspecified atom stereocenters. The van der Waals surface area contributed by atoms with E-state index in [1.54, 1.807) is 0 Å². The molecular weight excluding hydrogens is 196 g/mol. The minimum atomic E-state index is -0.525. The Bertz CT molecular complexity index is 331. The van der Waals surface area contributed by atoms with Gasteiger partial charge in [-0.2, -0.15) is 0 Å². The van der Waals surface area contributed by atoms with Gasteiger partial charge in [-0.1, -0.05) is 13.3 Å². The number of benzene rings is 1. The quantitative estimate of drug-likeness (QED) is 0.788. The molecule has 3 heteroatoms. The largest absolute Gasteiger partial charge is 0.382 e. The Labute approximate surface area is 88.5 Å². The van der Waals surface area contributed by atoms with E-state index in [1.807, 2.05) is 0 Å². The van der Waals surface area contributed by atoms with Gasteiger partial charge in [0.2, 0.25) is 0 Å². The highest BCUT2D eigenvalue weighted by atomic mass is 19.1. The molecule has 1 saturated carbocycles. The summed E-state index contributed by atoms with van der Waals surface area (Å²) in [5, 5.41) is 3.19. The van der Waals surface area contributed by atoms with E-state index in [1.165, 1.54) is 25.0 Å². The highest BCUT2D eigenvalue weighted by Crippen LogP contribution is 2.28. The fourth-order valence-electron chi connectivity index (χ4n) is 2.21. The third kappa shape index (κ3) is 2.46. The normalized spacial score (nSPS) is 25.5. The van der Waals surface area contributed by atoms with Gasteiger partial charge >= 0.3 is 0 Å². The van der Waals surface area contributed by atoms with E-state index in [0.717, 1.165) is 12.5 Å². The van der Waals surface area contributed by atoms with E-state index in [-0.39, 0.29) is 0 Å². The maximum absolute atomic E-state index is 12.9. The van der Waals surface area contributed by atoms with Gasteiger partial charge < -0.3 is 5.32 Å². The average Bonchev–Trinajstić information content (AvgIpc) is 2.50. The van der Waals surface area contributed by atoms with Crippen LogP contribution in [0.2, 0.25) is 0 Å². The van der Waals surface area contributed by atoms with Crippen molar-refractivity contribution in [3.8, 4) is 0 Å². The SMILES string of the molecule is C[C@H]1CCC[C@H]1Nc1cc(F)cc(F)c1. The lowest BCUT2D eigenvalue weighted by Gasteiger charge is -2.18. The van der Waals surface area contributed by atoms with Crippen LogP contribution in [-0.4, -0.2) is 6.04 Å². The fraction of sp³-hybridized carbons (Fsp3) is 0.500. The third-order valence-corrected chi connectivity index (χ3v) is 3.08. The highest BCUT2D eigenvalue weighted by Gasteiger charge is 2.23. The van der Waals surface area contributed by atoms with Crippen LogP contribution in [-0.2, 0) is 0 Å². The van der Waals surface area contributed by atoms with Crippen molar-refractivity contribution in [2.75, 3.05) is 5.32 Å². The lowest BCUT2D eigenvalue weighted by atomic mass is 10.1. The molecule has 0 aliphatic heterocycles. The predicted octanol–water partition coefficient (Wildman–Crippen LogP) is 3.57. The summed E-state index contributed by atoms with van der Waals surface area (Å²) >= 11 is 0. The molecule has 1 aromatic rings. The summed E-state index contributed by atoms with van der Waals surface area (Å²) in [5.41, 5.74) is 0.547. The van der Waals surface area contributed by atoms with Crippen molar-refractivity contribution in [2.45, 2.75) is 32.2 Å². The predicted molar refractivity (Wildman–Crippen MR) is 56.8 cm³/mol. The number of anilines is 1. The molecule has 1 nitrogen and oxygen atoms in total. The Morgan fingerprint density at radius 2 is 1.80 bits per heavy atom. The van der Waals surface area contributed by atoms with Gasteiger partial charge in [-0.05, 0) is 30.9 Å². The molecule has 0 spiro atoms. The van der Waals surface area contributed by atoms with Gasteiger partial charge in [0.05, 0.1) is 0 Å². The van der Waals surface area contributed by atoms with Gasteiger partial charge in [0.25, 0.3) is 0 Å². The molecule has 1 aromatic carbocycles. The van der Waals surface area contributed by atoms with Crippen LogP contribution in [0.5, 0.6) is 0 Å². The van der Waals surface area contributed by atoms with E-state index in [0.29, 0.717) is 17.6 Å². The molecule has 0 bridgehead atoms. The summed E-state index contributed by atoms with van der Waals surface area (Å²) in [6.07, 6.45) is 3.46. The zero-order valence-electron chi connectivity index (χ0n) is 8.76. The number of rotatable bonds is 2. The minimum absolute atomic E-state index is 0.353. The lowest BCUT2D eigenvalue weighted by Crippen LogP contribution is -2.21. The van der Waals surface area contributed by atoms with Crippen LogP contribution in [0, 0.1) is 17.6 Å². The minimum Gasteiger partial charge on any atom is -0.382 e. The van der Waals surface area contributed by atoms with Crippen LogP contribution < -0.4 is 5.32 Å². The first-order valence-electron chi connectivity index (χ1n) is 5.38. The summed E-state index contributed by atoms with van der Waals surface area (Å²) in [5.74, 6) is -0.470. The second kappa shape index (κ2) is 4.17. The molecule has 2 atom stereocenters. The molecule has 0 amide bonds. The second-order valence-corrected chi connectivity index (χ2v) is 4.32. The maximum atomic E-state index is 12.9. The molecule has 1 N–H and O–H groups in total. The second-order valence-electron chi connectivity index (χ2n) is 4.32. The summed E-state index contributed by atoms with van der Waals surface area (Å²) in [4.78, 5) is 0. The number of hydrogen-bond acceptors (Lipinski definition) is 1. The Kier molecular flexibility index (Phi) is 2.89. The monoisotopic (exact) mass is 211 g/mol. The zero-order valence-corrected chi connectivity index (χ0v) is 8.76. The summed E-state index contributed by atoms with van der Waals surface area (Å²) < 4.78 is 25.8. The van der Waals surface area contributed by atoms with Crippen molar-refractivity contribution < 1.29 is 8.78 Å². The fourth-order valence-corrected chi connectivity index (χ4v) is 2.21. The maximum Gasteiger partial charge on any atom is 0.128 e. The zero-order chi connectivity index (χ0) is 10.8. The Hall–Kier alpha value is -1.12. The van der Waals surface area contributed by atoms with Crippen molar-refractivity contribution in [3.63, 3.8) is 0 Å². The number of hydrogen-bond donors (Lipinski definition) is 1. The highest BCUT2D eigenvalue weighted by molar-refractivity contribution is 5.44. The molecule has 1 aliphatic rings. The molecule has 0 radical (unpaired) electrons. The molecule has 82 valence electrons. The van der Waals surface area contributed by atoms with E-state index in [2.05, 4.69) is 12.2 Å². The van der Waals surface area contributed by atoms with Crippen molar-refractivity contribution in [2.24, 2.45) is 5.92 Å². The molecule has 15 heavy (non-hydrogen) atoms. The standard InChI is InChI=1S/C12H15F2N/c1-8-3-2-4-12(8)15-11-6-9(13)5-10(14)7-11/h5-8,12,15H,2-4H2,1H3/t8-,12+/m0/s1. The molecular formula is C12H15F2N. The average molecular weight is 211 g/mol. The first kappa shape index (κ1) is 10.4. The van der Waals surface area contributed by atoms with Gasteiger partial charge in [-0.3, -0.25) is 0 Å². The van der Waals surface area contributed by atoms with E-state index in [4.69, 9.17) is 0 Å². The van der Waals surface area contributed by atoms with Crippen molar-refractivity contribution in [1.29, 1.82) is 0 Å². The van der Waals surface area contributed by atoms with Crippen LogP contribution in [0.25, 0.3) is 0 Å². The Morgan fingerprint density at radius 3 is 2.33 bits per heavy atom. The Balaban J connectivity index is 2.10. The number of halogens is 2. The van der Waals surface area contributed by atoms with Crippen molar-refractivity contribution >= 4 is 5.69 Å². The van der Waals surface area contributed by atoms with Crippen LogP contribution in [0.1, 0.15) is 26.2 Å². The van der Waals surface area contributed by atoms with Gasteiger partial charge in [-0.25, -0.2) is 8.78 Å². The van der Waals surface area contributed by atoms with Gasteiger partial charge in [-0.15, -0.1) is 0 Å². The van der Waals surface area contributed by atoms with Crippen LogP contribution in [0.3, 0.4) is 0 Å². The van der Waals surface area contributed by atoms with Gasteiger partial charge in [0.15, 0.2) is 0 Å². The van der Waals surface area contributed by atoms with Gasteiger partial charge in [0.1, 0.15) is 11.6 Å². The topological polar surface area (TPSA) is 12.0 Å². The molecule has 1 aliphatic carbocycles. The van der Waals surface area contributed by atoms with Gasteiger partial charge in [0, 0.05) is 17.8 Å². The summed E-state index contributed by atoms with van der Waals surface area (Å²) in [6.45, 7) is 2.17. The molecule has 0 heterocycles. The molecule has 2 rings (SSSR count). The summed E-state index contributed by atoms with van der Waals surface area (Å²) in [7, 11) is 0. The van der Waals surface area contributed by atoms with Crippen LogP contribution in [0.15, 0.2) is 18.2 Å². The third-order valence-electron chi connectivity index (χ3n) is 3.08. The molecule has 0 saturated heterocycles. The Morgan fingerprint density at radius 1 is 1.13 bits per heavy atom. The van der Waals surface area contributed by atoms with E-state index in [9.17, 15) is 8.78 Å². The van der Waals surface area contributed by atoms with Crippen LogP contribution >= 0.6 is 0 Å². The smallest absolute Gasteiger partial charge is 0.128 e. The lowest BCUT2D eigenvalue weighted by molar-refractivity contribution is 0.552. The van der Waals surface area contributed by atoms with E-state index < -0.39 is 11.6 Å². The first-order chi connectivity index (χ1) is 7.15. The van der Waals surface area contributed by atoms with Crippen LogP contribution in [0.4, 0.5) is 14.5 Å². The van der Waals surface area contributed by atoms with Crippen molar-refractivity contribution in [1.82, 2.24) is 0 Å². The first-order valence-corrected chi connectivity index (χ1v) is 5.38. The van der Waals surface area contributed by atoms with Crippen molar-refractivity contribution in [3.05, 3.63) is 29.8 Å². The van der Waals surface area contributed by atoms with E-state index >= 15 is 0 Å². The molecule has 0 aromatic heterocycles. The summed E-state index contributed by atoms with van der Waals surface area (Å²) in [6, 6.07) is 3.93.